The summed E-state index contributed by atoms with van der Waals surface area (Å²) < 4.78 is 11.5. The molecule has 0 unspecified atom stereocenters. The van der Waals surface area contributed by atoms with Gasteiger partial charge in [0.2, 0.25) is 0 Å². The second-order valence-electron chi connectivity index (χ2n) is 8.16. The quantitative estimate of drug-likeness (QED) is 0.632. The molecule has 0 bridgehead atoms. The van der Waals surface area contributed by atoms with Crippen molar-refractivity contribution >= 4 is 11.6 Å². The zero-order valence-electron chi connectivity index (χ0n) is 17.6. The number of aliphatic hydroxyl groups is 2. The van der Waals surface area contributed by atoms with Crippen molar-refractivity contribution in [2.24, 2.45) is 0 Å². The molecule has 3 rings (SSSR count). The lowest BCUT2D eigenvalue weighted by Crippen LogP contribution is -2.59. The number of ether oxygens (including phenoxy) is 2. The van der Waals surface area contributed by atoms with Gasteiger partial charge in [-0.1, -0.05) is 23.7 Å². The van der Waals surface area contributed by atoms with Crippen LogP contribution in [0.4, 0.5) is 0 Å². The fraction of sp³-hybridized carbons (Fsp3) is 0.478. The van der Waals surface area contributed by atoms with Gasteiger partial charge in [-0.2, -0.15) is 0 Å². The minimum absolute atomic E-state index is 0.0188. The number of nitrogens with zero attached hydrogens (tertiary/aromatic N) is 2. The van der Waals surface area contributed by atoms with Crippen LogP contribution in [0.3, 0.4) is 0 Å². The maximum atomic E-state index is 11.0. The molecule has 1 aliphatic rings. The number of halogens is 1. The number of β-amino-alcohol motifs (C(OH)–C–C–N with tert-alkyl or cyclic N) is 1. The molecule has 0 aliphatic carbocycles. The van der Waals surface area contributed by atoms with E-state index in [1.54, 1.807) is 24.3 Å². The van der Waals surface area contributed by atoms with E-state index >= 15 is 0 Å². The van der Waals surface area contributed by atoms with Crippen molar-refractivity contribution in [2.75, 3.05) is 46.9 Å². The number of likely N-dealkylation sites (tertiary alicyclic amines) is 1. The molecule has 0 aromatic heterocycles. The Morgan fingerprint density at radius 1 is 1.07 bits per heavy atom. The van der Waals surface area contributed by atoms with Crippen LogP contribution in [0.2, 0.25) is 5.02 Å². The van der Waals surface area contributed by atoms with Gasteiger partial charge >= 0.3 is 0 Å². The van der Waals surface area contributed by atoms with Gasteiger partial charge in [0, 0.05) is 31.2 Å². The standard InChI is InChI=1S/C23H31ClN2O4/c1-25(2)13-14-29-20-7-3-18(4-8-20)15-26-12-11-22(27)23(28,16-26)17-30-21-9-5-19(24)6-10-21/h3-10,22,27-28H,11-17H2,1-2H3/t22-,23-/m0/s1. The van der Waals surface area contributed by atoms with Gasteiger partial charge < -0.3 is 24.6 Å². The molecule has 2 N–H and O–H groups in total. The van der Waals surface area contributed by atoms with Crippen molar-refractivity contribution in [1.82, 2.24) is 9.80 Å². The smallest absolute Gasteiger partial charge is 0.137 e. The summed E-state index contributed by atoms with van der Waals surface area (Å²) >= 11 is 5.89. The first-order chi connectivity index (χ1) is 14.3. The molecule has 30 heavy (non-hydrogen) atoms. The fourth-order valence-corrected chi connectivity index (χ4v) is 3.58. The largest absolute Gasteiger partial charge is 0.492 e. The van der Waals surface area contributed by atoms with Crippen LogP contribution >= 0.6 is 11.6 Å². The Kier molecular flexibility index (Phi) is 7.97. The highest BCUT2D eigenvalue weighted by Gasteiger charge is 2.41. The van der Waals surface area contributed by atoms with Crippen molar-refractivity contribution in [2.45, 2.75) is 24.7 Å². The van der Waals surface area contributed by atoms with Gasteiger partial charge in [-0.25, -0.2) is 0 Å². The molecule has 6 nitrogen and oxygen atoms in total. The fourth-order valence-electron chi connectivity index (χ4n) is 3.46. The van der Waals surface area contributed by atoms with Gasteiger partial charge in [0.25, 0.3) is 0 Å². The molecule has 7 heteroatoms. The molecule has 0 amide bonds. The third-order valence-electron chi connectivity index (χ3n) is 5.28. The molecule has 0 saturated carbocycles. The molecule has 164 valence electrons. The normalized spacial score (nSPS) is 22.3. The lowest BCUT2D eigenvalue weighted by atomic mass is 9.90. The van der Waals surface area contributed by atoms with Crippen molar-refractivity contribution in [3.05, 3.63) is 59.1 Å². The second kappa shape index (κ2) is 10.5. The van der Waals surface area contributed by atoms with Crippen LogP contribution in [0.1, 0.15) is 12.0 Å². The minimum atomic E-state index is -1.33. The van der Waals surface area contributed by atoms with Crippen LogP contribution in [-0.2, 0) is 6.54 Å². The van der Waals surface area contributed by atoms with Crippen LogP contribution in [0.15, 0.2) is 48.5 Å². The lowest BCUT2D eigenvalue weighted by molar-refractivity contribution is -0.140. The number of rotatable bonds is 9. The molecule has 0 radical (unpaired) electrons. The zero-order valence-corrected chi connectivity index (χ0v) is 18.4. The third-order valence-corrected chi connectivity index (χ3v) is 5.53. The molecular weight excluding hydrogens is 404 g/mol. The summed E-state index contributed by atoms with van der Waals surface area (Å²) in [5.41, 5.74) is -0.194. The van der Waals surface area contributed by atoms with Crippen molar-refractivity contribution in [1.29, 1.82) is 0 Å². The first-order valence-corrected chi connectivity index (χ1v) is 10.6. The second-order valence-corrected chi connectivity index (χ2v) is 8.59. The van der Waals surface area contributed by atoms with E-state index in [4.69, 9.17) is 21.1 Å². The van der Waals surface area contributed by atoms with E-state index in [-0.39, 0.29) is 6.61 Å². The maximum Gasteiger partial charge on any atom is 0.137 e. The van der Waals surface area contributed by atoms with E-state index in [9.17, 15) is 10.2 Å². The number of piperidine rings is 1. The first kappa shape index (κ1) is 22.8. The SMILES string of the molecule is CN(C)CCOc1ccc(CN2CC[C@H](O)[C@@](O)(COc3ccc(Cl)cc3)C2)cc1. The molecule has 2 aromatic carbocycles. The zero-order chi connectivity index (χ0) is 21.6. The molecule has 0 spiro atoms. The average molecular weight is 435 g/mol. The summed E-state index contributed by atoms with van der Waals surface area (Å²) in [6, 6.07) is 15.0. The predicted molar refractivity (Wildman–Crippen MR) is 118 cm³/mol. The van der Waals surface area contributed by atoms with Crippen LogP contribution < -0.4 is 9.47 Å². The highest BCUT2D eigenvalue weighted by molar-refractivity contribution is 6.30. The summed E-state index contributed by atoms with van der Waals surface area (Å²) in [5.74, 6) is 1.46. The summed E-state index contributed by atoms with van der Waals surface area (Å²) in [6.07, 6.45) is -0.333. The maximum absolute atomic E-state index is 11.0. The molecule has 1 heterocycles. The monoisotopic (exact) mass is 434 g/mol. The van der Waals surface area contributed by atoms with Crippen molar-refractivity contribution < 1.29 is 19.7 Å². The Bertz CT molecular complexity index is 785. The molecule has 1 saturated heterocycles. The Balaban J connectivity index is 1.53. The van der Waals surface area contributed by atoms with Crippen LogP contribution in [0.25, 0.3) is 0 Å². The number of aliphatic hydroxyl groups excluding tert-OH is 1. The Morgan fingerprint density at radius 2 is 1.70 bits per heavy atom. The highest BCUT2D eigenvalue weighted by atomic mass is 35.5. The molecule has 2 atom stereocenters. The Hall–Kier alpha value is -1.83. The van der Waals surface area contributed by atoms with Gasteiger partial charge in [-0.3, -0.25) is 4.90 Å². The summed E-state index contributed by atoms with van der Waals surface area (Å²) in [7, 11) is 4.04. The van der Waals surface area contributed by atoms with Gasteiger partial charge in [-0.15, -0.1) is 0 Å². The summed E-state index contributed by atoms with van der Waals surface area (Å²) in [4.78, 5) is 4.22. The molecule has 2 aromatic rings. The first-order valence-electron chi connectivity index (χ1n) is 10.2. The summed E-state index contributed by atoms with van der Waals surface area (Å²) in [6.45, 7) is 3.28. The molecule has 1 fully saturated rings. The highest BCUT2D eigenvalue weighted by Crippen LogP contribution is 2.26. The predicted octanol–water partition coefficient (Wildman–Crippen LogP) is 2.66. The number of hydrogen-bond donors (Lipinski definition) is 2. The van der Waals surface area contributed by atoms with E-state index in [2.05, 4.69) is 9.80 Å². The average Bonchev–Trinajstić information content (AvgIpc) is 2.72. The van der Waals surface area contributed by atoms with Gasteiger partial charge in [0.1, 0.15) is 30.3 Å². The lowest BCUT2D eigenvalue weighted by Gasteiger charge is -2.42. The Morgan fingerprint density at radius 3 is 2.37 bits per heavy atom. The van der Waals surface area contributed by atoms with E-state index in [1.165, 1.54) is 0 Å². The van der Waals surface area contributed by atoms with Crippen LogP contribution in [0, 0.1) is 0 Å². The van der Waals surface area contributed by atoms with Gasteiger partial charge in [0.15, 0.2) is 0 Å². The minimum Gasteiger partial charge on any atom is -0.492 e. The van der Waals surface area contributed by atoms with E-state index in [0.29, 0.717) is 43.4 Å². The molecule has 1 aliphatic heterocycles. The van der Waals surface area contributed by atoms with E-state index in [0.717, 1.165) is 17.9 Å². The van der Waals surface area contributed by atoms with Crippen LogP contribution in [-0.4, -0.2) is 78.7 Å². The Labute approximate surface area is 183 Å². The number of likely N-dealkylation sites (N-methyl/N-ethyl adjacent to an activating group) is 1. The van der Waals surface area contributed by atoms with E-state index < -0.39 is 11.7 Å². The third kappa shape index (κ3) is 6.59. The summed E-state index contributed by atoms with van der Waals surface area (Å²) in [5, 5.41) is 22.0. The molecular formula is C23H31ClN2O4. The van der Waals surface area contributed by atoms with Crippen molar-refractivity contribution in [3.63, 3.8) is 0 Å². The van der Waals surface area contributed by atoms with E-state index in [1.807, 2.05) is 38.4 Å². The van der Waals surface area contributed by atoms with Crippen molar-refractivity contribution in [3.8, 4) is 11.5 Å². The van der Waals surface area contributed by atoms with Crippen LogP contribution in [0.5, 0.6) is 11.5 Å². The van der Waals surface area contributed by atoms with Gasteiger partial charge in [-0.05, 0) is 62.5 Å². The topological polar surface area (TPSA) is 65.4 Å². The number of hydrogen-bond acceptors (Lipinski definition) is 6. The number of benzene rings is 2. The van der Waals surface area contributed by atoms with Gasteiger partial charge in [0.05, 0.1) is 6.10 Å².